The number of hydrogen-bond donors (Lipinski definition) is 2. The second kappa shape index (κ2) is 12.1. The Kier molecular flexibility index (Phi) is 9.30. The van der Waals surface area contributed by atoms with Gasteiger partial charge in [0.1, 0.15) is 0 Å². The molecule has 0 fully saturated rings. The molecule has 2 aromatic carbocycles. The summed E-state index contributed by atoms with van der Waals surface area (Å²) in [6.45, 7) is 6.12. The van der Waals surface area contributed by atoms with E-state index in [1.54, 1.807) is 0 Å². The van der Waals surface area contributed by atoms with Crippen LogP contribution >= 0.6 is 0 Å². The largest absolute Gasteiger partial charge is 0.338 e. The number of unbranched alkanes of at least 4 members (excludes halogenated alkanes) is 1. The third-order valence-corrected chi connectivity index (χ3v) is 4.36. The van der Waals surface area contributed by atoms with Crippen LogP contribution in [0.15, 0.2) is 60.7 Å². The van der Waals surface area contributed by atoms with Crippen molar-refractivity contribution in [1.82, 2.24) is 10.2 Å². The predicted octanol–water partition coefficient (Wildman–Crippen LogP) is 4.54. The molecular formula is C22H31N3O. The summed E-state index contributed by atoms with van der Waals surface area (Å²) in [5.74, 6) is 0. The van der Waals surface area contributed by atoms with Gasteiger partial charge in [0, 0.05) is 18.8 Å². The van der Waals surface area contributed by atoms with Gasteiger partial charge in [-0.15, -0.1) is 0 Å². The van der Waals surface area contributed by atoms with Crippen LogP contribution in [0.5, 0.6) is 0 Å². The van der Waals surface area contributed by atoms with Crippen LogP contribution in [0, 0.1) is 0 Å². The minimum absolute atomic E-state index is 0.138. The van der Waals surface area contributed by atoms with Crippen molar-refractivity contribution in [3.63, 3.8) is 0 Å². The van der Waals surface area contributed by atoms with Gasteiger partial charge >= 0.3 is 6.03 Å². The zero-order valence-corrected chi connectivity index (χ0v) is 15.8. The van der Waals surface area contributed by atoms with Crippen molar-refractivity contribution in [2.24, 2.45) is 0 Å². The first-order valence-electron chi connectivity index (χ1n) is 9.64. The average molecular weight is 354 g/mol. The Morgan fingerprint density at radius 3 is 2.23 bits per heavy atom. The van der Waals surface area contributed by atoms with Gasteiger partial charge in [0.25, 0.3) is 0 Å². The van der Waals surface area contributed by atoms with Crippen LogP contribution in [0.1, 0.15) is 31.7 Å². The molecule has 4 heteroatoms. The number of hydrogen-bond acceptors (Lipinski definition) is 2. The molecule has 0 spiro atoms. The third kappa shape index (κ3) is 8.17. The van der Waals surface area contributed by atoms with Gasteiger partial charge in [-0.25, -0.2) is 4.79 Å². The summed E-state index contributed by atoms with van der Waals surface area (Å²) in [5.41, 5.74) is 2.20. The van der Waals surface area contributed by atoms with Gasteiger partial charge in [0.15, 0.2) is 0 Å². The van der Waals surface area contributed by atoms with Crippen molar-refractivity contribution in [3.05, 3.63) is 66.2 Å². The maximum absolute atomic E-state index is 11.9. The Labute approximate surface area is 157 Å². The monoisotopic (exact) mass is 353 g/mol. The number of amides is 2. The summed E-state index contributed by atoms with van der Waals surface area (Å²) in [4.78, 5) is 14.4. The highest BCUT2D eigenvalue weighted by atomic mass is 16.2. The van der Waals surface area contributed by atoms with E-state index in [0.29, 0.717) is 6.54 Å². The first-order chi connectivity index (χ1) is 12.8. The number of anilines is 1. The van der Waals surface area contributed by atoms with E-state index in [2.05, 4.69) is 52.8 Å². The topological polar surface area (TPSA) is 44.4 Å². The van der Waals surface area contributed by atoms with Gasteiger partial charge < -0.3 is 15.5 Å². The molecule has 2 aromatic rings. The lowest BCUT2D eigenvalue weighted by molar-refractivity contribution is 0.248. The van der Waals surface area contributed by atoms with Gasteiger partial charge in [-0.05, 0) is 50.0 Å². The van der Waals surface area contributed by atoms with Crippen LogP contribution in [0.3, 0.4) is 0 Å². The fourth-order valence-corrected chi connectivity index (χ4v) is 2.85. The van der Waals surface area contributed by atoms with Gasteiger partial charge in [0.05, 0.1) is 0 Å². The molecule has 0 saturated carbocycles. The van der Waals surface area contributed by atoms with Gasteiger partial charge in [-0.1, -0.05) is 61.9 Å². The van der Waals surface area contributed by atoms with E-state index in [-0.39, 0.29) is 6.03 Å². The van der Waals surface area contributed by atoms with E-state index < -0.39 is 0 Å². The van der Waals surface area contributed by atoms with Crippen LogP contribution in [0.2, 0.25) is 0 Å². The van der Waals surface area contributed by atoms with E-state index in [0.717, 1.165) is 38.2 Å². The van der Waals surface area contributed by atoms with E-state index in [4.69, 9.17) is 0 Å². The number of nitrogens with one attached hydrogen (secondary N) is 2. The molecule has 0 saturated heterocycles. The number of para-hydroxylation sites is 1. The standard InChI is InChI=1S/C22H31N3O/c1-2-3-17-25(19-15-20-11-6-4-7-12-20)18-10-16-23-22(26)24-21-13-8-5-9-14-21/h4-9,11-14H,2-3,10,15-19H2,1H3,(H2,23,24,26). The Morgan fingerprint density at radius 1 is 0.885 bits per heavy atom. The Morgan fingerprint density at radius 2 is 1.54 bits per heavy atom. The van der Waals surface area contributed by atoms with Crippen molar-refractivity contribution < 1.29 is 4.79 Å². The molecule has 0 aliphatic rings. The van der Waals surface area contributed by atoms with Crippen molar-refractivity contribution in [1.29, 1.82) is 0 Å². The lowest BCUT2D eigenvalue weighted by atomic mass is 10.1. The summed E-state index contributed by atoms with van der Waals surface area (Å²) in [5, 5.41) is 5.79. The fraction of sp³-hybridized carbons (Fsp3) is 0.409. The summed E-state index contributed by atoms with van der Waals surface area (Å²) in [7, 11) is 0. The molecule has 0 bridgehead atoms. The number of rotatable bonds is 11. The molecule has 0 aliphatic carbocycles. The van der Waals surface area contributed by atoms with Crippen molar-refractivity contribution in [2.45, 2.75) is 32.6 Å². The zero-order valence-electron chi connectivity index (χ0n) is 15.8. The molecule has 2 N–H and O–H groups in total. The van der Waals surface area contributed by atoms with E-state index in [1.807, 2.05) is 30.3 Å². The fourth-order valence-electron chi connectivity index (χ4n) is 2.85. The summed E-state index contributed by atoms with van der Waals surface area (Å²) in [6.07, 6.45) is 4.46. The SMILES string of the molecule is CCCCN(CCCNC(=O)Nc1ccccc1)CCc1ccccc1. The number of carbonyl (C=O) groups is 1. The van der Waals surface area contributed by atoms with Gasteiger partial charge in [0.2, 0.25) is 0 Å². The van der Waals surface area contributed by atoms with Crippen LogP contribution in [0.4, 0.5) is 10.5 Å². The number of nitrogens with zero attached hydrogens (tertiary/aromatic N) is 1. The molecule has 0 radical (unpaired) electrons. The molecular weight excluding hydrogens is 322 g/mol. The lowest BCUT2D eigenvalue weighted by Gasteiger charge is -2.22. The molecule has 2 amide bonds. The molecule has 4 nitrogen and oxygen atoms in total. The molecule has 0 unspecified atom stereocenters. The summed E-state index contributed by atoms with van der Waals surface area (Å²) in [6, 6.07) is 20.0. The van der Waals surface area contributed by atoms with Crippen LogP contribution < -0.4 is 10.6 Å². The second-order valence-corrected chi connectivity index (χ2v) is 6.53. The predicted molar refractivity (Wildman–Crippen MR) is 110 cm³/mol. The molecule has 0 aliphatic heterocycles. The molecule has 2 rings (SSSR count). The van der Waals surface area contributed by atoms with Crippen molar-refractivity contribution >= 4 is 11.7 Å². The average Bonchev–Trinajstić information content (AvgIpc) is 2.68. The summed E-state index contributed by atoms with van der Waals surface area (Å²) < 4.78 is 0. The quantitative estimate of drug-likeness (QED) is 0.582. The van der Waals surface area contributed by atoms with Gasteiger partial charge in [-0.3, -0.25) is 0 Å². The molecule has 0 heterocycles. The molecule has 26 heavy (non-hydrogen) atoms. The first kappa shape index (κ1) is 20.0. The summed E-state index contributed by atoms with van der Waals surface area (Å²) >= 11 is 0. The highest BCUT2D eigenvalue weighted by Gasteiger charge is 2.06. The van der Waals surface area contributed by atoms with Crippen LogP contribution in [0.25, 0.3) is 0 Å². The maximum Gasteiger partial charge on any atom is 0.319 e. The number of urea groups is 1. The minimum Gasteiger partial charge on any atom is -0.338 e. The van der Waals surface area contributed by atoms with Crippen LogP contribution in [-0.2, 0) is 6.42 Å². The van der Waals surface area contributed by atoms with Crippen molar-refractivity contribution in [3.8, 4) is 0 Å². The number of benzene rings is 2. The normalized spacial score (nSPS) is 10.7. The van der Waals surface area contributed by atoms with Crippen LogP contribution in [-0.4, -0.2) is 37.1 Å². The second-order valence-electron chi connectivity index (χ2n) is 6.53. The van der Waals surface area contributed by atoms with E-state index in [1.165, 1.54) is 18.4 Å². The molecule has 140 valence electrons. The minimum atomic E-state index is -0.138. The van der Waals surface area contributed by atoms with Gasteiger partial charge in [-0.2, -0.15) is 0 Å². The highest BCUT2D eigenvalue weighted by molar-refractivity contribution is 5.89. The molecule has 0 atom stereocenters. The van der Waals surface area contributed by atoms with E-state index >= 15 is 0 Å². The molecule has 0 aromatic heterocycles. The number of carbonyl (C=O) groups excluding carboxylic acids is 1. The maximum atomic E-state index is 11.9. The first-order valence-corrected chi connectivity index (χ1v) is 9.64. The zero-order chi connectivity index (χ0) is 18.5. The lowest BCUT2D eigenvalue weighted by Crippen LogP contribution is -2.33. The smallest absolute Gasteiger partial charge is 0.319 e. The Balaban J connectivity index is 1.66. The third-order valence-electron chi connectivity index (χ3n) is 4.36. The Hall–Kier alpha value is -2.33. The highest BCUT2D eigenvalue weighted by Crippen LogP contribution is 2.05. The van der Waals surface area contributed by atoms with Crippen molar-refractivity contribution in [2.75, 3.05) is 31.5 Å². The Bertz CT molecular complexity index is 616. The van der Waals surface area contributed by atoms with E-state index in [9.17, 15) is 4.79 Å².